The number of H-pyrrole nitrogens is 1. The van der Waals surface area contributed by atoms with Crippen LogP contribution in [0.3, 0.4) is 0 Å². The lowest BCUT2D eigenvalue weighted by Gasteiger charge is -1.99. The third-order valence-electron chi connectivity index (χ3n) is 2.16. The van der Waals surface area contributed by atoms with E-state index in [1.54, 1.807) is 6.92 Å². The van der Waals surface area contributed by atoms with Crippen LogP contribution in [0.15, 0.2) is 10.2 Å². The van der Waals surface area contributed by atoms with Crippen molar-refractivity contribution in [1.29, 1.82) is 0 Å². The molecule has 13 heavy (non-hydrogen) atoms. The van der Waals surface area contributed by atoms with Crippen molar-refractivity contribution in [3.8, 4) is 5.75 Å². The molecule has 3 nitrogen and oxygen atoms in total. The fourth-order valence-electron chi connectivity index (χ4n) is 1.35. The van der Waals surface area contributed by atoms with Crippen LogP contribution in [0.25, 0.3) is 10.9 Å². The quantitative estimate of drug-likeness (QED) is 0.674. The lowest BCUT2D eigenvalue weighted by Crippen LogP contribution is -2.08. The average molecular weight is 195 g/mol. The van der Waals surface area contributed by atoms with Crippen LogP contribution in [0.1, 0.15) is 10.4 Å². The van der Waals surface area contributed by atoms with Crippen molar-refractivity contribution in [1.82, 2.24) is 4.98 Å². The summed E-state index contributed by atoms with van der Waals surface area (Å²) in [5.41, 5.74) is 0.882. The monoisotopic (exact) mass is 195 g/mol. The number of hydrogen-bond donors (Lipinski definition) is 2. The molecule has 0 amide bonds. The molecule has 2 rings (SSSR count). The Bertz CT molecular complexity index is 524. The second kappa shape index (κ2) is 2.60. The molecule has 0 bridgehead atoms. The van der Waals surface area contributed by atoms with E-state index in [1.807, 2.05) is 12.3 Å². The van der Waals surface area contributed by atoms with Gasteiger partial charge in [0.15, 0.2) is 0 Å². The van der Waals surface area contributed by atoms with Gasteiger partial charge in [0.05, 0.1) is 16.5 Å². The van der Waals surface area contributed by atoms with Gasteiger partial charge >= 0.3 is 0 Å². The lowest BCUT2D eigenvalue weighted by atomic mass is 10.2. The summed E-state index contributed by atoms with van der Waals surface area (Å²) in [7, 11) is 0. The zero-order valence-electron chi connectivity index (χ0n) is 7.34. The van der Waals surface area contributed by atoms with Crippen molar-refractivity contribution in [2.24, 2.45) is 0 Å². The van der Waals surface area contributed by atoms with Crippen LogP contribution in [-0.2, 0) is 0 Å². The van der Waals surface area contributed by atoms with Crippen molar-refractivity contribution in [2.45, 2.75) is 13.8 Å². The van der Waals surface area contributed by atoms with E-state index < -0.39 is 0 Å². The molecule has 0 fully saturated rings. The van der Waals surface area contributed by atoms with Gasteiger partial charge in [0.2, 0.25) is 0 Å². The molecule has 0 spiro atoms. The molecule has 0 aliphatic carbocycles. The van der Waals surface area contributed by atoms with Gasteiger partial charge in [0.1, 0.15) is 5.75 Å². The molecule has 0 aliphatic rings. The lowest BCUT2D eigenvalue weighted by molar-refractivity contribution is 0.476. The SMILES string of the molecule is Cc1c(O)c2c(C)scc2[nH]c1=O. The predicted molar refractivity (Wildman–Crippen MR) is 53.6 cm³/mol. The number of thiophene rings is 1. The molecule has 68 valence electrons. The van der Waals surface area contributed by atoms with Crippen molar-refractivity contribution >= 4 is 22.2 Å². The maximum atomic E-state index is 11.3. The van der Waals surface area contributed by atoms with Crippen LogP contribution in [0.5, 0.6) is 5.75 Å². The predicted octanol–water partition coefficient (Wildman–Crippen LogP) is 1.91. The van der Waals surface area contributed by atoms with Gasteiger partial charge < -0.3 is 10.1 Å². The molecule has 2 N–H and O–H groups in total. The van der Waals surface area contributed by atoms with Crippen LogP contribution in [0.2, 0.25) is 0 Å². The molecule has 0 unspecified atom stereocenters. The molecule has 0 aromatic carbocycles. The Kier molecular flexibility index (Phi) is 1.66. The normalized spacial score (nSPS) is 10.9. The Labute approximate surface area is 78.7 Å². The highest BCUT2D eigenvalue weighted by molar-refractivity contribution is 7.11. The van der Waals surface area contributed by atoms with Gasteiger partial charge in [-0.1, -0.05) is 0 Å². The van der Waals surface area contributed by atoms with Crippen molar-refractivity contribution in [3.63, 3.8) is 0 Å². The number of aryl methyl sites for hydroxylation is 1. The molecule has 2 heterocycles. The van der Waals surface area contributed by atoms with Crippen LogP contribution >= 0.6 is 11.3 Å². The molecule has 0 radical (unpaired) electrons. The topological polar surface area (TPSA) is 53.1 Å². The maximum absolute atomic E-state index is 11.3. The minimum absolute atomic E-state index is 0.109. The molecule has 0 atom stereocenters. The van der Waals surface area contributed by atoms with Gasteiger partial charge in [-0.3, -0.25) is 4.79 Å². The smallest absolute Gasteiger partial charge is 0.255 e. The Morgan fingerprint density at radius 1 is 1.46 bits per heavy atom. The zero-order valence-corrected chi connectivity index (χ0v) is 8.16. The number of aromatic amines is 1. The number of hydrogen-bond acceptors (Lipinski definition) is 3. The van der Waals surface area contributed by atoms with Crippen LogP contribution in [-0.4, -0.2) is 10.1 Å². The first-order valence-corrected chi connectivity index (χ1v) is 4.79. The standard InChI is InChI=1S/C9H9NO2S/c1-4-8(11)7-5(2)13-3-6(7)10-9(4)12/h3,11H,1-2H3,(H,10,12). The van der Waals surface area contributed by atoms with Gasteiger partial charge in [0.25, 0.3) is 5.56 Å². The summed E-state index contributed by atoms with van der Waals surface area (Å²) in [4.78, 5) is 15.0. The molecule has 4 heteroatoms. The van der Waals surface area contributed by atoms with Crippen molar-refractivity contribution in [3.05, 3.63) is 26.2 Å². The number of rotatable bonds is 0. The second-order valence-electron chi connectivity index (χ2n) is 3.01. The fourth-order valence-corrected chi connectivity index (χ4v) is 2.15. The van der Waals surface area contributed by atoms with E-state index >= 15 is 0 Å². The first-order chi connectivity index (χ1) is 6.11. The van der Waals surface area contributed by atoms with Gasteiger partial charge in [0, 0.05) is 10.3 Å². The Morgan fingerprint density at radius 3 is 2.85 bits per heavy atom. The minimum Gasteiger partial charge on any atom is -0.507 e. The van der Waals surface area contributed by atoms with E-state index in [1.165, 1.54) is 11.3 Å². The molecular weight excluding hydrogens is 186 g/mol. The number of fused-ring (bicyclic) bond motifs is 1. The number of aromatic hydroxyl groups is 1. The van der Waals surface area contributed by atoms with Gasteiger partial charge in [-0.25, -0.2) is 0 Å². The Hall–Kier alpha value is -1.29. The second-order valence-corrected chi connectivity index (χ2v) is 4.09. The highest BCUT2D eigenvalue weighted by Gasteiger charge is 2.10. The molecular formula is C9H9NO2S. The van der Waals surface area contributed by atoms with Crippen LogP contribution < -0.4 is 5.56 Å². The summed E-state index contributed by atoms with van der Waals surface area (Å²) in [6, 6.07) is 0. The minimum atomic E-state index is -0.220. The number of nitrogens with one attached hydrogen (secondary N) is 1. The van der Waals surface area contributed by atoms with E-state index in [0.717, 1.165) is 15.8 Å². The summed E-state index contributed by atoms with van der Waals surface area (Å²) in [6.45, 7) is 3.54. The molecule has 2 aromatic rings. The van der Waals surface area contributed by atoms with Gasteiger partial charge in [-0.15, -0.1) is 11.3 Å². The van der Waals surface area contributed by atoms with Crippen LogP contribution in [0, 0.1) is 13.8 Å². The summed E-state index contributed by atoms with van der Waals surface area (Å²) >= 11 is 1.52. The summed E-state index contributed by atoms with van der Waals surface area (Å²) in [5, 5.41) is 12.3. The highest BCUT2D eigenvalue weighted by atomic mass is 32.1. The third-order valence-corrected chi connectivity index (χ3v) is 3.07. The molecule has 2 aromatic heterocycles. The first kappa shape index (κ1) is 8.31. The number of pyridine rings is 1. The summed E-state index contributed by atoms with van der Waals surface area (Å²) < 4.78 is 0. The fraction of sp³-hybridized carbons (Fsp3) is 0.222. The van der Waals surface area contributed by atoms with Crippen LogP contribution in [0.4, 0.5) is 0 Å². The van der Waals surface area contributed by atoms with Crippen molar-refractivity contribution < 1.29 is 5.11 Å². The van der Waals surface area contributed by atoms with Crippen molar-refractivity contribution in [2.75, 3.05) is 0 Å². The molecule has 0 saturated heterocycles. The van der Waals surface area contributed by atoms with E-state index in [4.69, 9.17) is 0 Å². The number of aromatic nitrogens is 1. The zero-order chi connectivity index (χ0) is 9.59. The Balaban J connectivity index is 3.06. The highest BCUT2D eigenvalue weighted by Crippen LogP contribution is 2.31. The molecule has 0 saturated carbocycles. The van der Waals surface area contributed by atoms with E-state index in [-0.39, 0.29) is 11.3 Å². The third kappa shape index (κ3) is 1.06. The first-order valence-electron chi connectivity index (χ1n) is 3.91. The van der Waals surface area contributed by atoms with E-state index in [9.17, 15) is 9.90 Å². The summed E-state index contributed by atoms with van der Waals surface area (Å²) in [6.07, 6.45) is 0. The van der Waals surface area contributed by atoms with E-state index in [2.05, 4.69) is 4.98 Å². The molecule has 0 aliphatic heterocycles. The summed E-state index contributed by atoms with van der Waals surface area (Å²) in [5.74, 6) is 0.109. The maximum Gasteiger partial charge on any atom is 0.255 e. The largest absolute Gasteiger partial charge is 0.507 e. The van der Waals surface area contributed by atoms with E-state index in [0.29, 0.717) is 5.56 Å². The van der Waals surface area contributed by atoms with Gasteiger partial charge in [-0.2, -0.15) is 0 Å². The van der Waals surface area contributed by atoms with Gasteiger partial charge in [-0.05, 0) is 13.8 Å². The Morgan fingerprint density at radius 2 is 2.15 bits per heavy atom. The average Bonchev–Trinajstić information content (AvgIpc) is 2.43.